The summed E-state index contributed by atoms with van der Waals surface area (Å²) in [4.78, 5) is 30.3. The highest BCUT2D eigenvalue weighted by atomic mass is 32.1. The molecule has 108 valence electrons. The third-order valence-corrected chi connectivity index (χ3v) is 2.77. The molecule has 0 spiro atoms. The molecule has 0 unspecified atom stereocenters. The number of para-hydroxylation sites is 1. The maximum Gasteiger partial charge on any atom is 0.305 e. The molecule has 0 saturated carbocycles. The first-order chi connectivity index (χ1) is 10.1. The van der Waals surface area contributed by atoms with Crippen molar-refractivity contribution in [1.82, 2.24) is 26.1 Å². The quantitative estimate of drug-likeness (QED) is 0.368. The number of nitrogens with zero attached hydrogens (tertiary/aromatic N) is 1. The average Bonchev–Trinajstić information content (AvgIpc) is 2.50. The lowest BCUT2D eigenvalue weighted by molar-refractivity contribution is 0.0933. The molecular weight excluding hydrogens is 290 g/mol. The van der Waals surface area contributed by atoms with Crippen molar-refractivity contribution >= 4 is 34.1 Å². The molecule has 0 saturated heterocycles. The van der Waals surface area contributed by atoms with E-state index in [1.165, 1.54) is 0 Å². The Hall–Kier alpha value is -2.74. The Morgan fingerprint density at radius 3 is 2.90 bits per heavy atom. The molecule has 1 heterocycles. The van der Waals surface area contributed by atoms with Crippen LogP contribution in [0.25, 0.3) is 10.9 Å². The van der Waals surface area contributed by atoms with Crippen LogP contribution in [0, 0.1) is 0 Å². The van der Waals surface area contributed by atoms with Gasteiger partial charge in [0.1, 0.15) is 0 Å². The number of aromatic amines is 1. The molecule has 1 amide bonds. The van der Waals surface area contributed by atoms with Gasteiger partial charge in [-0.1, -0.05) is 18.2 Å². The lowest BCUT2D eigenvalue weighted by Gasteiger charge is -2.09. The largest absolute Gasteiger partial charge is 0.358 e. The maximum absolute atomic E-state index is 11.9. The molecule has 1 aromatic heterocycles. The van der Waals surface area contributed by atoms with E-state index in [9.17, 15) is 9.59 Å². The smallest absolute Gasteiger partial charge is 0.305 e. The molecule has 0 bridgehead atoms. The minimum Gasteiger partial charge on any atom is -0.358 e. The number of thiocarbonyl (C=S) groups is 1. The Kier molecular flexibility index (Phi) is 4.62. The van der Waals surface area contributed by atoms with Crippen molar-refractivity contribution in [2.75, 3.05) is 6.54 Å². The number of carbonyl (C=O) groups excluding carboxylic acids is 1. The first-order valence-corrected chi connectivity index (χ1v) is 6.47. The fraction of sp³-hybridized carbons (Fsp3) is 0.0769. The lowest BCUT2D eigenvalue weighted by atomic mass is 10.2. The number of amides is 1. The van der Waals surface area contributed by atoms with Crippen LogP contribution in [0.4, 0.5) is 0 Å². The molecule has 8 heteroatoms. The molecular formula is C13H13N5O2S. The van der Waals surface area contributed by atoms with Gasteiger partial charge in [-0.3, -0.25) is 20.4 Å². The van der Waals surface area contributed by atoms with Gasteiger partial charge in [0.25, 0.3) is 5.56 Å². The van der Waals surface area contributed by atoms with Crippen molar-refractivity contribution in [3.8, 4) is 0 Å². The molecule has 7 nitrogen and oxygen atoms in total. The van der Waals surface area contributed by atoms with E-state index in [-0.39, 0.29) is 16.5 Å². The van der Waals surface area contributed by atoms with Gasteiger partial charge in [0.2, 0.25) is 5.82 Å². The molecule has 0 radical (unpaired) electrons. The summed E-state index contributed by atoms with van der Waals surface area (Å²) >= 11 is 4.91. The Morgan fingerprint density at radius 1 is 1.38 bits per heavy atom. The van der Waals surface area contributed by atoms with Gasteiger partial charge in [0.15, 0.2) is 5.11 Å². The number of benzene rings is 1. The number of fused-ring (bicyclic) bond motifs is 1. The summed E-state index contributed by atoms with van der Waals surface area (Å²) in [6.07, 6.45) is 1.62. The van der Waals surface area contributed by atoms with Gasteiger partial charge in [0, 0.05) is 6.54 Å². The van der Waals surface area contributed by atoms with Crippen molar-refractivity contribution in [1.29, 1.82) is 0 Å². The lowest BCUT2D eigenvalue weighted by Crippen LogP contribution is -2.47. The van der Waals surface area contributed by atoms with Gasteiger partial charge < -0.3 is 10.3 Å². The normalized spacial score (nSPS) is 9.90. The third kappa shape index (κ3) is 3.63. The van der Waals surface area contributed by atoms with E-state index in [0.717, 1.165) is 0 Å². The van der Waals surface area contributed by atoms with Crippen molar-refractivity contribution in [3.63, 3.8) is 0 Å². The zero-order chi connectivity index (χ0) is 15.2. The van der Waals surface area contributed by atoms with Crippen LogP contribution in [-0.2, 0) is 0 Å². The zero-order valence-electron chi connectivity index (χ0n) is 11.0. The predicted octanol–water partition coefficient (Wildman–Crippen LogP) is 0.218. The van der Waals surface area contributed by atoms with Crippen LogP contribution in [0.15, 0.2) is 41.7 Å². The molecule has 0 aliphatic carbocycles. The number of rotatable bonds is 3. The van der Waals surface area contributed by atoms with Gasteiger partial charge in [0.05, 0.1) is 10.9 Å². The maximum atomic E-state index is 11.9. The van der Waals surface area contributed by atoms with Crippen molar-refractivity contribution in [2.45, 2.75) is 0 Å². The second kappa shape index (κ2) is 6.62. The van der Waals surface area contributed by atoms with E-state index in [0.29, 0.717) is 17.4 Å². The first-order valence-electron chi connectivity index (χ1n) is 6.06. The molecule has 4 N–H and O–H groups in total. The number of carbonyl (C=O) groups is 1. The van der Waals surface area contributed by atoms with Gasteiger partial charge in [-0.05, 0) is 24.4 Å². The molecule has 1 aromatic carbocycles. The summed E-state index contributed by atoms with van der Waals surface area (Å²) in [6, 6.07) is 6.76. The molecule has 0 fully saturated rings. The number of nitrogens with one attached hydrogen (secondary N) is 4. The third-order valence-electron chi connectivity index (χ3n) is 2.52. The van der Waals surface area contributed by atoms with Gasteiger partial charge in [-0.15, -0.1) is 6.58 Å². The minimum absolute atomic E-state index is 0.0993. The Morgan fingerprint density at radius 2 is 2.14 bits per heavy atom. The van der Waals surface area contributed by atoms with Crippen LogP contribution in [0.3, 0.4) is 0 Å². The SMILES string of the molecule is C=CCNC(=S)NNC(=O)c1nc2ccccc2c(=O)[nH]1. The Labute approximate surface area is 125 Å². The summed E-state index contributed by atoms with van der Waals surface area (Å²) in [5.41, 5.74) is 4.90. The molecule has 21 heavy (non-hydrogen) atoms. The summed E-state index contributed by atoms with van der Waals surface area (Å²) < 4.78 is 0. The molecule has 0 aliphatic rings. The highest BCUT2D eigenvalue weighted by Crippen LogP contribution is 2.05. The van der Waals surface area contributed by atoms with Gasteiger partial charge in [-0.25, -0.2) is 4.98 Å². The van der Waals surface area contributed by atoms with E-state index < -0.39 is 5.91 Å². The Bertz CT molecular complexity index is 756. The van der Waals surface area contributed by atoms with Crippen LogP contribution in [-0.4, -0.2) is 27.5 Å². The molecule has 0 atom stereocenters. The fourth-order valence-electron chi connectivity index (χ4n) is 1.58. The van der Waals surface area contributed by atoms with Crippen molar-refractivity contribution in [3.05, 3.63) is 53.1 Å². The molecule has 2 rings (SSSR count). The topological polar surface area (TPSA) is 98.9 Å². The van der Waals surface area contributed by atoms with Gasteiger partial charge in [-0.2, -0.15) is 0 Å². The summed E-state index contributed by atoms with van der Waals surface area (Å²) in [5, 5.41) is 3.42. The number of hydrogen-bond acceptors (Lipinski definition) is 4. The fourth-order valence-corrected chi connectivity index (χ4v) is 1.71. The van der Waals surface area contributed by atoms with Crippen molar-refractivity contribution < 1.29 is 4.79 Å². The molecule has 0 aliphatic heterocycles. The van der Waals surface area contributed by atoms with Crippen LogP contribution >= 0.6 is 12.2 Å². The molecule has 2 aromatic rings. The highest BCUT2D eigenvalue weighted by Gasteiger charge is 2.11. The van der Waals surface area contributed by atoms with Crippen LogP contribution < -0.4 is 21.7 Å². The van der Waals surface area contributed by atoms with E-state index in [1.54, 1.807) is 30.3 Å². The second-order valence-electron chi connectivity index (χ2n) is 4.01. The van der Waals surface area contributed by atoms with E-state index >= 15 is 0 Å². The summed E-state index contributed by atoms with van der Waals surface area (Å²) in [5.74, 6) is -0.696. The van der Waals surface area contributed by atoms with Gasteiger partial charge >= 0.3 is 5.91 Å². The van der Waals surface area contributed by atoms with E-state index in [1.807, 2.05) is 0 Å². The highest BCUT2D eigenvalue weighted by molar-refractivity contribution is 7.80. The number of aromatic nitrogens is 2. The number of hydrogen-bond donors (Lipinski definition) is 4. The van der Waals surface area contributed by atoms with Crippen LogP contribution in [0.5, 0.6) is 0 Å². The minimum atomic E-state index is -0.597. The number of H-pyrrole nitrogens is 1. The summed E-state index contributed by atoms with van der Waals surface area (Å²) in [7, 11) is 0. The average molecular weight is 303 g/mol. The van der Waals surface area contributed by atoms with E-state index in [2.05, 4.69) is 32.7 Å². The Balaban J connectivity index is 2.11. The van der Waals surface area contributed by atoms with E-state index in [4.69, 9.17) is 12.2 Å². The zero-order valence-corrected chi connectivity index (χ0v) is 11.8. The predicted molar refractivity (Wildman–Crippen MR) is 83.8 cm³/mol. The summed E-state index contributed by atoms with van der Waals surface area (Å²) in [6.45, 7) is 3.99. The van der Waals surface area contributed by atoms with Crippen LogP contribution in [0.1, 0.15) is 10.6 Å². The number of hydrazine groups is 1. The second-order valence-corrected chi connectivity index (χ2v) is 4.42. The standard InChI is InChI=1S/C13H13N5O2S/c1-2-7-14-13(21)18-17-12(20)10-15-9-6-4-3-5-8(9)11(19)16-10/h2-6H,1,7H2,(H,17,20)(H2,14,18,21)(H,15,16,19). The van der Waals surface area contributed by atoms with Crippen LogP contribution in [0.2, 0.25) is 0 Å². The first kappa shape index (κ1) is 14.7. The van der Waals surface area contributed by atoms with Crippen molar-refractivity contribution in [2.24, 2.45) is 0 Å². The monoisotopic (exact) mass is 303 g/mol.